The number of hydrogen-bond acceptors (Lipinski definition) is 3. The molecule has 2 saturated heterocycles. The highest BCUT2D eigenvalue weighted by Gasteiger charge is 2.41. The molecule has 0 aliphatic carbocycles. The predicted octanol–water partition coefficient (Wildman–Crippen LogP) is 2.78. The lowest BCUT2D eigenvalue weighted by Gasteiger charge is -2.25. The number of fused-ring (bicyclic) bond motifs is 2. The van der Waals surface area contributed by atoms with E-state index in [1.54, 1.807) is 0 Å². The van der Waals surface area contributed by atoms with Crippen LogP contribution >= 0.6 is 24.0 Å². The number of nitrogens with zero attached hydrogens (tertiary/aromatic N) is 2. The summed E-state index contributed by atoms with van der Waals surface area (Å²) in [6, 6.07) is 11.3. The minimum absolute atomic E-state index is 0. The molecule has 2 aliphatic heterocycles. The maximum absolute atomic E-state index is 5.94. The standard InChI is InChI=1S/C19H30N4O.HI/c1-4-20-19(22-16-12-15-10-11-18(16)24-15)21-13-17(23(2)3)14-8-6-5-7-9-14;/h5-9,15-18H,4,10-13H2,1-3H3,(H2,20,21,22);1H. The molecule has 6 heteroatoms. The summed E-state index contributed by atoms with van der Waals surface area (Å²) in [5.74, 6) is 0.904. The number of halogens is 1. The van der Waals surface area contributed by atoms with Crippen molar-refractivity contribution in [3.05, 3.63) is 35.9 Å². The summed E-state index contributed by atoms with van der Waals surface area (Å²) in [4.78, 5) is 7.08. The monoisotopic (exact) mass is 458 g/mol. The molecule has 2 aliphatic rings. The molecule has 2 fully saturated rings. The Kier molecular flexibility index (Phi) is 7.96. The molecule has 0 radical (unpaired) electrons. The highest BCUT2D eigenvalue weighted by Crippen LogP contribution is 2.34. The van der Waals surface area contributed by atoms with E-state index < -0.39 is 0 Å². The fraction of sp³-hybridized carbons (Fsp3) is 0.632. The summed E-state index contributed by atoms with van der Waals surface area (Å²) in [6.45, 7) is 3.70. The van der Waals surface area contributed by atoms with Gasteiger partial charge in [0, 0.05) is 6.54 Å². The average Bonchev–Trinajstić information content (AvgIpc) is 3.18. The summed E-state index contributed by atoms with van der Waals surface area (Å²) in [7, 11) is 4.22. The molecule has 140 valence electrons. The lowest BCUT2D eigenvalue weighted by Crippen LogP contribution is -2.47. The van der Waals surface area contributed by atoms with E-state index in [0.717, 1.165) is 25.5 Å². The lowest BCUT2D eigenvalue weighted by molar-refractivity contribution is 0.0992. The van der Waals surface area contributed by atoms with Gasteiger partial charge in [0.15, 0.2) is 5.96 Å². The minimum atomic E-state index is 0. The van der Waals surface area contributed by atoms with Gasteiger partial charge in [-0.25, -0.2) is 0 Å². The van der Waals surface area contributed by atoms with Crippen molar-refractivity contribution < 1.29 is 4.74 Å². The van der Waals surface area contributed by atoms with Crippen LogP contribution in [0.3, 0.4) is 0 Å². The minimum Gasteiger partial charge on any atom is -0.373 e. The zero-order chi connectivity index (χ0) is 16.9. The van der Waals surface area contributed by atoms with E-state index in [1.807, 2.05) is 0 Å². The van der Waals surface area contributed by atoms with Gasteiger partial charge in [-0.2, -0.15) is 0 Å². The van der Waals surface area contributed by atoms with Crippen LogP contribution < -0.4 is 10.6 Å². The quantitative estimate of drug-likeness (QED) is 0.391. The fourth-order valence-corrected chi connectivity index (χ4v) is 3.71. The second-order valence-corrected chi connectivity index (χ2v) is 6.97. The molecule has 2 bridgehead atoms. The first-order valence-corrected chi connectivity index (χ1v) is 9.09. The van der Waals surface area contributed by atoms with Gasteiger partial charge in [0.1, 0.15) is 0 Å². The molecule has 2 N–H and O–H groups in total. The molecule has 5 nitrogen and oxygen atoms in total. The first-order valence-electron chi connectivity index (χ1n) is 9.09. The van der Waals surface area contributed by atoms with E-state index in [0.29, 0.717) is 18.2 Å². The van der Waals surface area contributed by atoms with Crippen LogP contribution in [0.2, 0.25) is 0 Å². The molecule has 2 heterocycles. The van der Waals surface area contributed by atoms with Gasteiger partial charge in [0.2, 0.25) is 0 Å². The van der Waals surface area contributed by atoms with Gasteiger partial charge in [0.05, 0.1) is 30.8 Å². The molecule has 3 rings (SSSR count). The van der Waals surface area contributed by atoms with E-state index in [2.05, 4.69) is 66.9 Å². The van der Waals surface area contributed by atoms with E-state index in [1.165, 1.54) is 18.4 Å². The van der Waals surface area contributed by atoms with Crippen LogP contribution in [-0.4, -0.2) is 56.3 Å². The Morgan fingerprint density at radius 2 is 2.04 bits per heavy atom. The Hall–Kier alpha value is -0.860. The van der Waals surface area contributed by atoms with Gasteiger partial charge in [0.25, 0.3) is 0 Å². The number of nitrogens with one attached hydrogen (secondary N) is 2. The zero-order valence-electron chi connectivity index (χ0n) is 15.4. The number of hydrogen-bond donors (Lipinski definition) is 2. The first-order chi connectivity index (χ1) is 11.7. The van der Waals surface area contributed by atoms with Crippen LogP contribution in [0, 0.1) is 0 Å². The number of benzene rings is 1. The molecule has 0 spiro atoms. The van der Waals surface area contributed by atoms with Crippen LogP contribution in [0.25, 0.3) is 0 Å². The number of ether oxygens (including phenoxy) is 1. The zero-order valence-corrected chi connectivity index (χ0v) is 17.8. The molecular weight excluding hydrogens is 427 g/mol. The van der Waals surface area contributed by atoms with Crippen molar-refractivity contribution in [3.8, 4) is 0 Å². The van der Waals surface area contributed by atoms with Gasteiger partial charge in [-0.3, -0.25) is 4.99 Å². The highest BCUT2D eigenvalue weighted by molar-refractivity contribution is 14.0. The summed E-state index contributed by atoms with van der Waals surface area (Å²) in [5.41, 5.74) is 1.30. The number of guanidine groups is 1. The second-order valence-electron chi connectivity index (χ2n) is 6.97. The Morgan fingerprint density at radius 3 is 2.60 bits per heavy atom. The smallest absolute Gasteiger partial charge is 0.191 e. The fourth-order valence-electron chi connectivity index (χ4n) is 3.71. The van der Waals surface area contributed by atoms with Crippen molar-refractivity contribution in [2.24, 2.45) is 4.99 Å². The van der Waals surface area contributed by atoms with Gasteiger partial charge >= 0.3 is 0 Å². The highest BCUT2D eigenvalue weighted by atomic mass is 127. The van der Waals surface area contributed by atoms with Crippen molar-refractivity contribution in [1.82, 2.24) is 15.5 Å². The topological polar surface area (TPSA) is 48.9 Å². The second kappa shape index (κ2) is 9.73. The van der Waals surface area contributed by atoms with E-state index in [9.17, 15) is 0 Å². The third-order valence-corrected chi connectivity index (χ3v) is 5.00. The van der Waals surface area contributed by atoms with Gasteiger partial charge < -0.3 is 20.3 Å². The summed E-state index contributed by atoms with van der Waals surface area (Å²) >= 11 is 0. The molecular formula is C19H31IN4O. The van der Waals surface area contributed by atoms with Gasteiger partial charge in [-0.1, -0.05) is 30.3 Å². The molecule has 0 saturated carbocycles. The van der Waals surface area contributed by atoms with Gasteiger partial charge in [-0.15, -0.1) is 24.0 Å². The molecule has 25 heavy (non-hydrogen) atoms. The lowest BCUT2D eigenvalue weighted by atomic mass is 9.96. The van der Waals surface area contributed by atoms with Crippen molar-refractivity contribution in [2.75, 3.05) is 27.2 Å². The van der Waals surface area contributed by atoms with E-state index in [4.69, 9.17) is 9.73 Å². The number of likely N-dealkylation sites (N-methyl/N-ethyl adjacent to an activating group) is 1. The summed E-state index contributed by atoms with van der Waals surface area (Å²) < 4.78 is 5.94. The van der Waals surface area contributed by atoms with Crippen LogP contribution in [0.5, 0.6) is 0 Å². The van der Waals surface area contributed by atoms with Crippen molar-refractivity contribution >= 4 is 29.9 Å². The van der Waals surface area contributed by atoms with E-state index in [-0.39, 0.29) is 30.0 Å². The van der Waals surface area contributed by atoms with Gasteiger partial charge in [-0.05, 0) is 45.8 Å². The third kappa shape index (κ3) is 5.31. The molecule has 0 aromatic heterocycles. The predicted molar refractivity (Wildman–Crippen MR) is 114 cm³/mol. The average molecular weight is 458 g/mol. The Balaban J connectivity index is 0.00000225. The van der Waals surface area contributed by atoms with Crippen molar-refractivity contribution in [3.63, 3.8) is 0 Å². The maximum Gasteiger partial charge on any atom is 0.191 e. The van der Waals surface area contributed by atoms with Crippen LogP contribution in [-0.2, 0) is 4.74 Å². The van der Waals surface area contributed by atoms with Crippen LogP contribution in [0.4, 0.5) is 0 Å². The summed E-state index contributed by atoms with van der Waals surface area (Å²) in [6.07, 6.45) is 4.30. The largest absolute Gasteiger partial charge is 0.373 e. The molecule has 4 unspecified atom stereocenters. The van der Waals surface area contributed by atoms with E-state index >= 15 is 0 Å². The SMILES string of the molecule is CCNC(=NCC(c1ccccc1)N(C)C)NC1CC2CCC1O2.I. The Morgan fingerprint density at radius 1 is 1.28 bits per heavy atom. The molecule has 0 amide bonds. The number of rotatable bonds is 6. The van der Waals surface area contributed by atoms with Crippen LogP contribution in [0.1, 0.15) is 37.8 Å². The summed E-state index contributed by atoms with van der Waals surface area (Å²) in [5, 5.41) is 6.97. The Labute approximate surface area is 168 Å². The maximum atomic E-state index is 5.94. The van der Waals surface area contributed by atoms with Crippen molar-refractivity contribution in [2.45, 2.75) is 50.5 Å². The number of aliphatic imine (C=N–C) groups is 1. The Bertz CT molecular complexity index is 552. The first kappa shape index (κ1) is 20.5. The molecule has 4 atom stereocenters. The third-order valence-electron chi connectivity index (χ3n) is 5.00. The molecule has 1 aromatic rings. The van der Waals surface area contributed by atoms with Crippen LogP contribution in [0.15, 0.2) is 35.3 Å². The molecule has 1 aromatic carbocycles. The normalized spacial score (nSPS) is 26.4. The van der Waals surface area contributed by atoms with Crippen molar-refractivity contribution in [1.29, 1.82) is 0 Å².